The van der Waals surface area contributed by atoms with E-state index in [0.717, 1.165) is 4.47 Å². The molecule has 0 radical (unpaired) electrons. The summed E-state index contributed by atoms with van der Waals surface area (Å²) < 4.78 is 7.01. The number of rotatable bonds is 5. The van der Waals surface area contributed by atoms with Crippen LogP contribution in [0.3, 0.4) is 0 Å². The number of halogens is 1. The summed E-state index contributed by atoms with van der Waals surface area (Å²) in [5, 5.41) is 2.74. The maximum atomic E-state index is 11.6. The number of hydrogen-bond acceptors (Lipinski definition) is 3. The molecule has 0 aliphatic rings. The van der Waals surface area contributed by atoms with Gasteiger partial charge in [0.05, 0.1) is 6.61 Å². The Hall–Kier alpha value is -1.14. The minimum Gasteiger partial charge on any atom is -0.383 e. The summed E-state index contributed by atoms with van der Waals surface area (Å²) >= 11 is 3.25. The monoisotopic (exact) mass is 302 g/mol. The van der Waals surface area contributed by atoms with E-state index in [9.17, 15) is 9.59 Å². The third kappa shape index (κ3) is 4.70. The molecule has 1 N–H and O–H groups in total. The van der Waals surface area contributed by atoms with Crippen LogP contribution in [0.4, 0.5) is 0 Å². The number of pyridine rings is 1. The largest absolute Gasteiger partial charge is 0.383 e. The molecule has 1 amide bonds. The fourth-order valence-corrected chi connectivity index (χ4v) is 1.77. The summed E-state index contributed by atoms with van der Waals surface area (Å²) in [6, 6.07) is 2.98. The molecule has 17 heavy (non-hydrogen) atoms. The van der Waals surface area contributed by atoms with Crippen LogP contribution in [-0.2, 0) is 16.1 Å². The van der Waals surface area contributed by atoms with Gasteiger partial charge in [-0.05, 0) is 28.9 Å². The van der Waals surface area contributed by atoms with Crippen molar-refractivity contribution in [3.63, 3.8) is 0 Å². The second-order valence-electron chi connectivity index (χ2n) is 3.74. The minimum absolute atomic E-state index is 0.00628. The fourth-order valence-electron chi connectivity index (χ4n) is 1.39. The Bertz CT molecular complexity index is 445. The number of nitrogens with zero attached hydrogens (tertiary/aromatic N) is 1. The first kappa shape index (κ1) is 13.9. The summed E-state index contributed by atoms with van der Waals surface area (Å²) in [6.45, 7) is 2.29. The Kier molecular flexibility index (Phi) is 5.37. The highest BCUT2D eigenvalue weighted by molar-refractivity contribution is 9.10. The predicted octanol–water partition coefficient (Wildman–Crippen LogP) is 0.762. The van der Waals surface area contributed by atoms with Crippen LogP contribution in [0.5, 0.6) is 0 Å². The summed E-state index contributed by atoms with van der Waals surface area (Å²) in [5.74, 6) is -0.213. The maximum absolute atomic E-state index is 11.6. The molecule has 1 atom stereocenters. The van der Waals surface area contributed by atoms with Crippen molar-refractivity contribution in [2.75, 3.05) is 13.7 Å². The van der Waals surface area contributed by atoms with Gasteiger partial charge in [0.1, 0.15) is 6.54 Å². The number of ether oxygens (including phenoxy) is 1. The SMILES string of the molecule is COC[C@@H](C)NC(=O)Cn1cc(Br)ccc1=O. The molecule has 0 aliphatic heterocycles. The van der Waals surface area contributed by atoms with Crippen molar-refractivity contribution in [1.29, 1.82) is 0 Å². The van der Waals surface area contributed by atoms with Gasteiger partial charge in [-0.1, -0.05) is 0 Å². The van der Waals surface area contributed by atoms with Crippen molar-refractivity contribution in [1.82, 2.24) is 9.88 Å². The minimum atomic E-state index is -0.213. The summed E-state index contributed by atoms with van der Waals surface area (Å²) in [4.78, 5) is 23.1. The normalized spacial score (nSPS) is 12.2. The Morgan fingerprint density at radius 2 is 2.29 bits per heavy atom. The highest BCUT2D eigenvalue weighted by atomic mass is 79.9. The molecule has 1 aromatic heterocycles. The van der Waals surface area contributed by atoms with Crippen LogP contribution >= 0.6 is 15.9 Å². The molecule has 0 aliphatic carbocycles. The zero-order chi connectivity index (χ0) is 12.8. The van der Waals surface area contributed by atoms with E-state index >= 15 is 0 Å². The van der Waals surface area contributed by atoms with E-state index in [1.54, 1.807) is 19.4 Å². The van der Waals surface area contributed by atoms with Gasteiger partial charge >= 0.3 is 0 Å². The van der Waals surface area contributed by atoms with Gasteiger partial charge in [-0.3, -0.25) is 9.59 Å². The number of amides is 1. The average molecular weight is 303 g/mol. The van der Waals surface area contributed by atoms with Crippen LogP contribution in [0.15, 0.2) is 27.6 Å². The van der Waals surface area contributed by atoms with Crippen LogP contribution in [0.25, 0.3) is 0 Å². The van der Waals surface area contributed by atoms with Crippen LogP contribution < -0.4 is 10.9 Å². The molecule has 0 saturated heterocycles. The molecule has 1 rings (SSSR count). The summed E-state index contributed by atoms with van der Waals surface area (Å²) in [6.07, 6.45) is 1.59. The second-order valence-corrected chi connectivity index (χ2v) is 4.65. The number of aromatic nitrogens is 1. The molecule has 0 spiro atoms. The molecule has 6 heteroatoms. The van der Waals surface area contributed by atoms with Gasteiger partial charge < -0.3 is 14.6 Å². The fraction of sp³-hybridized carbons (Fsp3) is 0.455. The van der Waals surface area contributed by atoms with Crippen molar-refractivity contribution in [2.24, 2.45) is 0 Å². The highest BCUT2D eigenvalue weighted by Gasteiger charge is 2.08. The lowest BCUT2D eigenvalue weighted by molar-refractivity contribution is -0.122. The van der Waals surface area contributed by atoms with E-state index in [1.807, 2.05) is 6.92 Å². The van der Waals surface area contributed by atoms with Gasteiger partial charge in [-0.15, -0.1) is 0 Å². The molecule has 1 heterocycles. The van der Waals surface area contributed by atoms with Crippen molar-refractivity contribution < 1.29 is 9.53 Å². The van der Waals surface area contributed by atoms with Crippen molar-refractivity contribution in [2.45, 2.75) is 19.5 Å². The number of carbonyl (C=O) groups excluding carboxylic acids is 1. The first-order valence-corrected chi connectivity index (χ1v) is 5.96. The second kappa shape index (κ2) is 6.56. The van der Waals surface area contributed by atoms with Crippen LogP contribution in [0.1, 0.15) is 6.92 Å². The molecule has 1 aromatic rings. The third-order valence-electron chi connectivity index (χ3n) is 2.09. The lowest BCUT2D eigenvalue weighted by Gasteiger charge is -2.13. The Morgan fingerprint density at radius 3 is 2.94 bits per heavy atom. The lowest BCUT2D eigenvalue weighted by atomic mass is 10.3. The van der Waals surface area contributed by atoms with Crippen LogP contribution in [0, 0.1) is 0 Å². The molecular weight excluding hydrogens is 288 g/mol. The first-order valence-electron chi connectivity index (χ1n) is 5.17. The zero-order valence-corrected chi connectivity index (χ0v) is 11.4. The highest BCUT2D eigenvalue weighted by Crippen LogP contribution is 2.04. The van der Waals surface area contributed by atoms with Crippen LogP contribution in [-0.4, -0.2) is 30.2 Å². The Balaban J connectivity index is 2.62. The maximum Gasteiger partial charge on any atom is 0.251 e. The molecule has 0 saturated carbocycles. The van der Waals surface area contributed by atoms with E-state index in [4.69, 9.17) is 4.74 Å². The zero-order valence-electron chi connectivity index (χ0n) is 9.77. The van der Waals surface area contributed by atoms with Gasteiger partial charge in [0.2, 0.25) is 5.91 Å². The molecule has 94 valence electrons. The van der Waals surface area contributed by atoms with E-state index in [-0.39, 0.29) is 24.1 Å². The summed E-state index contributed by atoms with van der Waals surface area (Å²) in [5.41, 5.74) is -0.206. The van der Waals surface area contributed by atoms with Gasteiger partial charge in [-0.2, -0.15) is 0 Å². The summed E-state index contributed by atoms with van der Waals surface area (Å²) in [7, 11) is 1.57. The molecule has 0 fully saturated rings. The number of hydrogen-bond donors (Lipinski definition) is 1. The van der Waals surface area contributed by atoms with Gasteiger partial charge in [0.15, 0.2) is 0 Å². The lowest BCUT2D eigenvalue weighted by Crippen LogP contribution is -2.39. The third-order valence-corrected chi connectivity index (χ3v) is 2.55. The predicted molar refractivity (Wildman–Crippen MR) is 67.9 cm³/mol. The van der Waals surface area contributed by atoms with Gasteiger partial charge in [0.25, 0.3) is 5.56 Å². The van der Waals surface area contributed by atoms with Gasteiger partial charge in [-0.25, -0.2) is 0 Å². The Morgan fingerprint density at radius 1 is 1.59 bits per heavy atom. The Labute approximate surface area is 108 Å². The van der Waals surface area contributed by atoms with E-state index in [0.29, 0.717) is 6.61 Å². The molecular formula is C11H15BrN2O3. The van der Waals surface area contributed by atoms with Crippen LogP contribution in [0.2, 0.25) is 0 Å². The topological polar surface area (TPSA) is 60.3 Å². The molecule has 0 unspecified atom stereocenters. The van der Waals surface area contributed by atoms with Crippen molar-refractivity contribution in [3.05, 3.63) is 33.2 Å². The number of methoxy groups -OCH3 is 1. The first-order chi connectivity index (χ1) is 8.02. The van der Waals surface area contributed by atoms with Crippen molar-refractivity contribution >= 4 is 21.8 Å². The van der Waals surface area contributed by atoms with E-state index in [1.165, 1.54) is 10.6 Å². The molecule has 0 bridgehead atoms. The average Bonchev–Trinajstić information content (AvgIpc) is 2.23. The molecule has 0 aromatic carbocycles. The smallest absolute Gasteiger partial charge is 0.251 e. The standard InChI is InChI=1S/C11H15BrN2O3/c1-8(7-17-2)13-10(15)6-14-5-9(12)3-4-11(14)16/h3-5,8H,6-7H2,1-2H3,(H,13,15)/t8-/m1/s1. The number of nitrogens with one attached hydrogen (secondary N) is 1. The molecule has 5 nitrogen and oxygen atoms in total. The van der Waals surface area contributed by atoms with E-state index in [2.05, 4.69) is 21.2 Å². The van der Waals surface area contributed by atoms with Gasteiger partial charge in [0, 0.05) is 29.9 Å². The van der Waals surface area contributed by atoms with Crippen molar-refractivity contribution in [3.8, 4) is 0 Å². The quantitative estimate of drug-likeness (QED) is 0.874. The number of carbonyl (C=O) groups is 1. The van der Waals surface area contributed by atoms with E-state index < -0.39 is 0 Å².